The van der Waals surface area contributed by atoms with Crippen LogP contribution < -0.4 is 18.3 Å². The van der Waals surface area contributed by atoms with Gasteiger partial charge in [-0.05, 0) is 211 Å². The van der Waals surface area contributed by atoms with Crippen molar-refractivity contribution in [1.82, 2.24) is 0 Å². The summed E-state index contributed by atoms with van der Waals surface area (Å²) in [5.74, 6) is -3.17. The second kappa shape index (κ2) is 25.1. The van der Waals surface area contributed by atoms with Gasteiger partial charge in [0.15, 0.2) is 24.8 Å². The van der Waals surface area contributed by atoms with Gasteiger partial charge in [0.1, 0.15) is 28.2 Å². The van der Waals surface area contributed by atoms with E-state index in [9.17, 15) is 0 Å². The summed E-state index contributed by atoms with van der Waals surface area (Å²) < 4.78 is 300. The summed E-state index contributed by atoms with van der Waals surface area (Å²) in [6, 6.07) is 25.3. The van der Waals surface area contributed by atoms with Crippen molar-refractivity contribution in [2.24, 2.45) is 33.6 Å². The molecule has 0 aliphatic heterocycles. The quantitative estimate of drug-likeness (QED) is 0.141. The van der Waals surface area contributed by atoms with Crippen molar-refractivity contribution in [3.63, 3.8) is 0 Å². The Balaban J connectivity index is 0.000000268. The van der Waals surface area contributed by atoms with E-state index in [1.54, 1.807) is 75.3 Å². The van der Waals surface area contributed by atoms with Crippen molar-refractivity contribution in [2.75, 3.05) is 0 Å². The molecule has 0 N–H and O–H groups in total. The van der Waals surface area contributed by atoms with Gasteiger partial charge in [-0.2, -0.15) is 0 Å². The molecular weight excluding hydrogens is 897 g/mol. The SMILES string of the molecule is [2H]C([2H])([2H])c1ccc(-c2cc(C([2H])([2H])[2H])c(C([2H])(C([2H])([2H])[2H])C([2H])([2H])[2H])cc2C)[n+](C)c1.[2H]C([2H])([2H])c1ccc(-c2cc(C([2H])([2H])[2H])c(C([2H])([2H])C([2H])([2H])[2H])cc2C)[n+](C)c1.[2H]C([2H])([2H])c1ccc(-c2cc(C([2H])([2H])[2H])c(C([2H])([2H])[2H])cc2C)[n+](C)c1.[2H]C([2H])([2H])c1ccc(-c2ccc(C([2H])([2H])C(C)(C)C)c[n+]2C)c(C)c1. The van der Waals surface area contributed by atoms with Gasteiger partial charge < -0.3 is 0 Å². The summed E-state index contributed by atoms with van der Waals surface area (Å²) in [5, 5.41) is 0. The Labute approximate surface area is 502 Å². The van der Waals surface area contributed by atoms with E-state index in [1.807, 2.05) is 63.7 Å². The highest BCUT2D eigenvalue weighted by Gasteiger charge is 2.19. The van der Waals surface area contributed by atoms with Gasteiger partial charge in [-0.25, -0.2) is 18.3 Å². The lowest BCUT2D eigenvalue weighted by atomic mass is 9.88. The lowest BCUT2D eigenvalue weighted by Gasteiger charge is -2.17. The van der Waals surface area contributed by atoms with Crippen LogP contribution in [0, 0.1) is 87.9 Å². The number of pyridine rings is 4. The molecule has 0 atom stereocenters. The van der Waals surface area contributed by atoms with Crippen LogP contribution in [-0.2, 0) is 40.9 Å². The third-order valence-electron chi connectivity index (χ3n) is 11.9. The van der Waals surface area contributed by atoms with E-state index in [-0.39, 0.29) is 33.4 Å². The Morgan fingerprint density at radius 1 is 0.432 bits per heavy atom. The molecule has 0 aliphatic rings. The lowest BCUT2D eigenvalue weighted by Crippen LogP contribution is -2.32. The number of benzene rings is 4. The van der Waals surface area contributed by atoms with E-state index in [2.05, 4.69) is 0 Å². The maximum Gasteiger partial charge on any atom is 0.212 e. The summed E-state index contributed by atoms with van der Waals surface area (Å²) in [7, 11) is 6.74. The number of aryl methyl sites for hydroxylation is 17. The van der Waals surface area contributed by atoms with Gasteiger partial charge in [0.25, 0.3) is 0 Å². The van der Waals surface area contributed by atoms with Gasteiger partial charge in [-0.15, -0.1) is 0 Å². The van der Waals surface area contributed by atoms with Gasteiger partial charge in [0, 0.05) is 121 Å². The van der Waals surface area contributed by atoms with Gasteiger partial charge >= 0.3 is 0 Å². The fourth-order valence-electron chi connectivity index (χ4n) is 8.27. The molecule has 0 amide bonds. The van der Waals surface area contributed by atoms with Crippen molar-refractivity contribution in [3.8, 4) is 45.0 Å². The molecule has 0 aliphatic carbocycles. The van der Waals surface area contributed by atoms with Gasteiger partial charge in [0.05, 0.1) is 0 Å². The predicted molar refractivity (Wildman–Crippen MR) is 316 cm³/mol. The minimum absolute atomic E-state index is 0.0732. The number of hydrogen-bond donors (Lipinski definition) is 0. The van der Waals surface area contributed by atoms with E-state index in [0.29, 0.717) is 61.6 Å². The standard InChI is InChI=1S/C19H26N.C18H24N.C17H22N.C16H20N/c1-14-7-9-17(15(2)11-14)18-10-8-16(13-20(18)6)12-19(3,4)5;1-12(2)16-9-15(5)17(10-14(16)4)18-8-7-13(3)11-19(18)6;1-6-15-9-14(4)16(10-13(15)3)17-8-7-12(2)11-18(17)5;1-11-6-7-16(17(5)10-11)15-9-13(3)12(2)8-14(15)4/h7-11,13H,12H2,1-6H3;7-12H,1-6H3;7-11H,6H2,1-5H3;6-10H,1-5H3/q4*+1/i1D3,12D2;1D3,2D3,3D3,4D3,12D;1D3,2D3,3D3,6D2;1D3,2D3,3D3. The number of hydrogen-bond acceptors (Lipinski definition) is 0. The highest BCUT2D eigenvalue weighted by molar-refractivity contribution is 5.66. The first-order chi connectivity index (χ1) is 49.9. The molecule has 8 rings (SSSR count). The molecule has 0 saturated heterocycles. The zero-order valence-corrected chi connectivity index (χ0v) is 43.9. The van der Waals surface area contributed by atoms with Crippen LogP contribution in [0.1, 0.15) is 183 Å². The van der Waals surface area contributed by atoms with Crippen molar-refractivity contribution >= 4 is 0 Å². The molecule has 0 spiro atoms. The van der Waals surface area contributed by atoms with Crippen molar-refractivity contribution in [1.29, 1.82) is 0 Å². The van der Waals surface area contributed by atoms with E-state index in [1.165, 1.54) is 77.8 Å². The molecule has 4 aromatic heterocycles. The summed E-state index contributed by atoms with van der Waals surface area (Å²) in [6.45, 7) is -17.1. The second-order valence-electron chi connectivity index (χ2n) is 19.2. The molecule has 0 saturated carbocycles. The summed E-state index contributed by atoms with van der Waals surface area (Å²) >= 11 is 0. The predicted octanol–water partition coefficient (Wildman–Crippen LogP) is 15.7. The van der Waals surface area contributed by atoms with Crippen LogP contribution in [0.5, 0.6) is 0 Å². The highest BCUT2D eigenvalue weighted by atomic mass is 14.9. The Morgan fingerprint density at radius 2 is 0.865 bits per heavy atom. The van der Waals surface area contributed by atoms with E-state index >= 15 is 0 Å². The highest BCUT2D eigenvalue weighted by Crippen LogP contribution is 2.30. The maximum atomic E-state index is 8.45. The molecular formula is C70H92N4+4. The molecule has 0 unspecified atom stereocenters. The number of rotatable bonds is 7. The largest absolute Gasteiger partial charge is 0.212 e. The van der Waals surface area contributed by atoms with E-state index in [4.69, 9.17) is 52.1 Å². The Kier molecular flexibility index (Phi) is 8.45. The molecule has 8 aromatic rings. The summed E-state index contributed by atoms with van der Waals surface area (Å²) in [6.07, 6.45) is 1.78. The number of aromatic nitrogens is 4. The third kappa shape index (κ3) is 15.3. The maximum absolute atomic E-state index is 8.45. The Hall–Kier alpha value is -6.52. The van der Waals surface area contributed by atoms with Crippen molar-refractivity contribution in [3.05, 3.63) is 211 Å². The van der Waals surface area contributed by atoms with Crippen LogP contribution in [0.4, 0.5) is 0 Å². The Bertz CT molecular complexity index is 4720. The fourth-order valence-corrected chi connectivity index (χ4v) is 8.27. The van der Waals surface area contributed by atoms with E-state index in [0.717, 1.165) is 22.9 Å². The van der Waals surface area contributed by atoms with Crippen LogP contribution in [0.15, 0.2) is 128 Å². The summed E-state index contributed by atoms with van der Waals surface area (Å²) in [4.78, 5) is 0. The topological polar surface area (TPSA) is 15.5 Å². The molecule has 388 valence electrons. The first-order valence-corrected chi connectivity index (χ1v) is 23.5. The average molecular weight is 1030 g/mol. The van der Waals surface area contributed by atoms with Crippen molar-refractivity contribution in [2.45, 2.75) is 142 Å². The van der Waals surface area contributed by atoms with Gasteiger partial charge in [0.2, 0.25) is 22.8 Å². The monoisotopic (exact) mass is 1030 g/mol. The molecule has 0 bridgehead atoms. The number of nitrogens with zero attached hydrogens (tertiary/aromatic N) is 4. The minimum atomic E-state index is -3.34. The van der Waals surface area contributed by atoms with Crippen LogP contribution in [-0.4, -0.2) is 0 Å². The minimum Gasteiger partial charge on any atom is -0.201 e. The molecule has 0 radical (unpaired) electrons. The van der Waals surface area contributed by atoms with E-state index < -0.39 is 116 Å². The first-order valence-electron chi connectivity index (χ1n) is 42.5. The van der Waals surface area contributed by atoms with Crippen LogP contribution in [0.25, 0.3) is 45.0 Å². The van der Waals surface area contributed by atoms with Crippen molar-refractivity contribution < 1.29 is 70.4 Å². The summed E-state index contributed by atoms with van der Waals surface area (Å²) in [5.41, 5.74) is 5.46. The molecule has 4 heterocycles. The zero-order valence-electron chi connectivity index (χ0n) is 81.9. The van der Waals surface area contributed by atoms with Gasteiger partial charge in [-0.1, -0.05) is 77.2 Å². The van der Waals surface area contributed by atoms with Crippen LogP contribution in [0.3, 0.4) is 0 Å². The molecule has 4 heteroatoms. The van der Waals surface area contributed by atoms with Crippen LogP contribution >= 0.6 is 0 Å². The first kappa shape index (κ1) is 24.9. The Morgan fingerprint density at radius 3 is 1.32 bits per heavy atom. The third-order valence-corrected chi connectivity index (χ3v) is 11.9. The zero-order chi connectivity index (χ0) is 86.9. The van der Waals surface area contributed by atoms with Crippen LogP contribution in [0.2, 0.25) is 0 Å². The molecule has 74 heavy (non-hydrogen) atoms. The fraction of sp³-hybridized carbons (Fsp3) is 0.371. The lowest BCUT2D eigenvalue weighted by molar-refractivity contribution is -0.661. The average Bonchev–Trinajstić information content (AvgIpc) is 0.725. The molecule has 4 nitrogen and oxygen atoms in total. The normalized spacial score (nSPS) is 21.1. The second-order valence-corrected chi connectivity index (χ2v) is 19.2. The molecule has 4 aromatic carbocycles. The molecule has 0 fully saturated rings. The van der Waals surface area contributed by atoms with Gasteiger partial charge in [-0.3, -0.25) is 0 Å². The smallest absolute Gasteiger partial charge is 0.201 e.